The van der Waals surface area contributed by atoms with Gasteiger partial charge in [-0.15, -0.1) is 0 Å². The zero-order valence-electron chi connectivity index (χ0n) is 15.7. The second-order valence-corrected chi connectivity index (χ2v) is 6.09. The molecule has 0 aliphatic heterocycles. The lowest BCUT2D eigenvalue weighted by molar-refractivity contribution is -0.383. The third kappa shape index (κ3) is 3.41. The summed E-state index contributed by atoms with van der Waals surface area (Å²) >= 11 is 0. The number of rotatable bonds is 6. The Kier molecular flexibility index (Phi) is 4.70. The molecule has 0 spiro atoms. The summed E-state index contributed by atoms with van der Waals surface area (Å²) in [5.74, 6) is 1.58. The number of hydrogen-bond donors (Lipinski definition) is 1. The molecule has 0 fully saturated rings. The largest absolute Gasteiger partial charge is 0.493 e. The molecule has 0 unspecified atom stereocenters. The van der Waals surface area contributed by atoms with Crippen LogP contribution in [-0.2, 0) is 0 Å². The van der Waals surface area contributed by atoms with Crippen LogP contribution < -0.4 is 14.8 Å². The van der Waals surface area contributed by atoms with Gasteiger partial charge in [-0.25, -0.2) is 9.97 Å². The first-order valence-electron chi connectivity index (χ1n) is 8.67. The van der Waals surface area contributed by atoms with E-state index in [9.17, 15) is 10.1 Å². The number of nitrogens with zero attached hydrogens (tertiary/aromatic N) is 4. The van der Waals surface area contributed by atoms with Crippen LogP contribution in [0.15, 0.2) is 60.9 Å². The molecule has 2 aromatic carbocycles. The topological polar surface area (TPSA) is 104 Å². The number of aromatic nitrogens is 3. The fourth-order valence-corrected chi connectivity index (χ4v) is 3.01. The number of imidazole rings is 1. The summed E-state index contributed by atoms with van der Waals surface area (Å²) in [5.41, 5.74) is 2.36. The van der Waals surface area contributed by atoms with Gasteiger partial charge in [-0.2, -0.15) is 0 Å². The summed E-state index contributed by atoms with van der Waals surface area (Å²) in [5, 5.41) is 14.4. The van der Waals surface area contributed by atoms with Gasteiger partial charge in [0.25, 0.3) is 5.69 Å². The minimum absolute atomic E-state index is 0.0425. The second-order valence-electron chi connectivity index (χ2n) is 6.09. The molecule has 0 bridgehead atoms. The number of benzene rings is 2. The number of nitro benzene ring substituents is 1. The van der Waals surface area contributed by atoms with Crippen molar-refractivity contribution in [2.75, 3.05) is 19.5 Å². The van der Waals surface area contributed by atoms with Crippen LogP contribution in [0.25, 0.3) is 16.9 Å². The van der Waals surface area contributed by atoms with Gasteiger partial charge in [-0.1, -0.05) is 12.1 Å². The predicted molar refractivity (Wildman–Crippen MR) is 108 cm³/mol. The Bertz CT molecular complexity index is 1200. The maximum Gasteiger partial charge on any atom is 0.292 e. The summed E-state index contributed by atoms with van der Waals surface area (Å²) in [4.78, 5) is 19.9. The van der Waals surface area contributed by atoms with Gasteiger partial charge in [-0.05, 0) is 24.3 Å². The molecule has 2 aromatic heterocycles. The van der Waals surface area contributed by atoms with E-state index < -0.39 is 4.92 Å². The Balaban J connectivity index is 1.83. The monoisotopic (exact) mass is 391 g/mol. The summed E-state index contributed by atoms with van der Waals surface area (Å²) in [6.45, 7) is 0. The molecule has 146 valence electrons. The predicted octanol–water partition coefficient (Wildman–Crippen LogP) is 4.07. The molecule has 4 aromatic rings. The number of ether oxygens (including phenoxy) is 2. The molecule has 2 heterocycles. The van der Waals surface area contributed by atoms with E-state index in [1.54, 1.807) is 55.3 Å². The molecule has 4 rings (SSSR count). The van der Waals surface area contributed by atoms with E-state index in [-0.39, 0.29) is 5.69 Å². The van der Waals surface area contributed by atoms with Gasteiger partial charge in [0.1, 0.15) is 11.3 Å². The van der Waals surface area contributed by atoms with Crippen LogP contribution in [0.5, 0.6) is 11.5 Å². The Morgan fingerprint density at radius 2 is 1.86 bits per heavy atom. The van der Waals surface area contributed by atoms with Crippen LogP contribution in [0.1, 0.15) is 0 Å². The fraction of sp³-hybridized carbons (Fsp3) is 0.100. The Morgan fingerprint density at radius 3 is 2.62 bits per heavy atom. The highest BCUT2D eigenvalue weighted by molar-refractivity contribution is 5.72. The lowest BCUT2D eigenvalue weighted by atomic mass is 10.1. The number of hydrogen-bond acceptors (Lipinski definition) is 7. The summed E-state index contributed by atoms with van der Waals surface area (Å²) < 4.78 is 12.4. The zero-order chi connectivity index (χ0) is 20.4. The molecule has 0 aliphatic carbocycles. The van der Waals surface area contributed by atoms with Crippen LogP contribution in [0, 0.1) is 10.1 Å². The zero-order valence-corrected chi connectivity index (χ0v) is 15.7. The highest BCUT2D eigenvalue weighted by atomic mass is 16.6. The normalized spacial score (nSPS) is 10.7. The maximum absolute atomic E-state index is 11.3. The molecule has 0 atom stereocenters. The first-order chi connectivity index (χ1) is 14.1. The molecule has 0 radical (unpaired) electrons. The molecule has 0 amide bonds. The van der Waals surface area contributed by atoms with Crippen molar-refractivity contribution in [3.8, 4) is 22.8 Å². The van der Waals surface area contributed by atoms with Crippen LogP contribution in [0.4, 0.5) is 17.3 Å². The van der Waals surface area contributed by atoms with Crippen molar-refractivity contribution in [2.45, 2.75) is 0 Å². The van der Waals surface area contributed by atoms with Crippen molar-refractivity contribution < 1.29 is 14.4 Å². The van der Waals surface area contributed by atoms with Crippen LogP contribution in [-0.4, -0.2) is 33.5 Å². The van der Waals surface area contributed by atoms with Crippen molar-refractivity contribution in [1.29, 1.82) is 0 Å². The minimum atomic E-state index is -0.439. The number of methoxy groups -OCH3 is 2. The first-order valence-corrected chi connectivity index (χ1v) is 8.67. The van der Waals surface area contributed by atoms with E-state index in [0.29, 0.717) is 34.5 Å². The Hall–Kier alpha value is -4.14. The van der Waals surface area contributed by atoms with Crippen molar-refractivity contribution in [2.24, 2.45) is 0 Å². The van der Waals surface area contributed by atoms with Crippen molar-refractivity contribution in [3.63, 3.8) is 0 Å². The number of para-hydroxylation sites is 2. The maximum atomic E-state index is 11.3. The average molecular weight is 391 g/mol. The van der Waals surface area contributed by atoms with Crippen LogP contribution in [0.3, 0.4) is 0 Å². The number of fused-ring (bicyclic) bond motifs is 1. The average Bonchev–Trinajstić information content (AvgIpc) is 3.22. The van der Waals surface area contributed by atoms with Gasteiger partial charge >= 0.3 is 0 Å². The Labute approximate surface area is 165 Å². The molecular weight excluding hydrogens is 374 g/mol. The molecule has 9 nitrogen and oxygen atoms in total. The SMILES string of the molecule is COc1ccc(-c2cc3nccn3c(Nc3ccccc3[N+](=O)[O-])n2)cc1OC. The molecule has 0 saturated carbocycles. The minimum Gasteiger partial charge on any atom is -0.493 e. The molecule has 29 heavy (non-hydrogen) atoms. The molecular formula is C20H17N5O4. The number of anilines is 2. The third-order valence-corrected chi connectivity index (χ3v) is 4.42. The highest BCUT2D eigenvalue weighted by Crippen LogP contribution is 2.33. The van der Waals surface area contributed by atoms with Crippen molar-refractivity contribution in [1.82, 2.24) is 14.4 Å². The Morgan fingerprint density at radius 1 is 1.07 bits per heavy atom. The fourth-order valence-electron chi connectivity index (χ4n) is 3.01. The molecule has 0 aliphatic rings. The van der Waals surface area contributed by atoms with E-state index in [4.69, 9.17) is 9.47 Å². The smallest absolute Gasteiger partial charge is 0.292 e. The summed E-state index contributed by atoms with van der Waals surface area (Å²) in [6, 6.07) is 13.7. The number of nitro groups is 1. The van der Waals surface area contributed by atoms with Gasteiger partial charge in [0.15, 0.2) is 11.5 Å². The van der Waals surface area contributed by atoms with Crippen molar-refractivity contribution >= 4 is 23.0 Å². The molecule has 0 saturated heterocycles. The lowest BCUT2D eigenvalue weighted by Crippen LogP contribution is -2.04. The van der Waals surface area contributed by atoms with E-state index in [0.717, 1.165) is 5.56 Å². The van der Waals surface area contributed by atoms with Crippen LogP contribution in [0.2, 0.25) is 0 Å². The molecule has 9 heteroatoms. The lowest BCUT2D eigenvalue weighted by Gasteiger charge is -2.12. The van der Waals surface area contributed by atoms with Gasteiger partial charge in [0.2, 0.25) is 5.95 Å². The van der Waals surface area contributed by atoms with E-state index in [1.807, 2.05) is 18.2 Å². The summed E-state index contributed by atoms with van der Waals surface area (Å²) in [7, 11) is 3.13. The van der Waals surface area contributed by atoms with Crippen molar-refractivity contribution in [3.05, 3.63) is 71.0 Å². The van der Waals surface area contributed by atoms with E-state index in [2.05, 4.69) is 15.3 Å². The van der Waals surface area contributed by atoms with Gasteiger partial charge < -0.3 is 14.8 Å². The first kappa shape index (κ1) is 18.2. The van der Waals surface area contributed by atoms with Gasteiger partial charge in [0.05, 0.1) is 24.8 Å². The van der Waals surface area contributed by atoms with E-state index in [1.165, 1.54) is 6.07 Å². The quantitative estimate of drug-likeness (QED) is 0.390. The van der Waals surface area contributed by atoms with Gasteiger partial charge in [-0.3, -0.25) is 14.5 Å². The van der Waals surface area contributed by atoms with E-state index >= 15 is 0 Å². The third-order valence-electron chi connectivity index (χ3n) is 4.42. The highest BCUT2D eigenvalue weighted by Gasteiger charge is 2.16. The van der Waals surface area contributed by atoms with Gasteiger partial charge in [0, 0.05) is 30.1 Å². The standard InChI is InChI=1S/C20H17N5O4/c1-28-17-8-7-13(11-18(17)29-2)15-12-19-21-9-10-24(19)20(23-15)22-14-5-3-4-6-16(14)25(26)27/h3-12H,1-2H3,(H,22,23). The van der Waals surface area contributed by atoms with Crippen LogP contribution >= 0.6 is 0 Å². The second kappa shape index (κ2) is 7.47. The number of nitrogens with one attached hydrogen (secondary N) is 1. The molecule has 1 N–H and O–H groups in total. The summed E-state index contributed by atoms with van der Waals surface area (Å²) in [6.07, 6.45) is 3.37.